The molecule has 0 fully saturated rings. The number of hydrogen-bond donors (Lipinski definition) is 1. The maximum atomic E-state index is 6.16. The number of benzene rings is 2. The van der Waals surface area contributed by atoms with E-state index in [0.29, 0.717) is 12.6 Å². The van der Waals surface area contributed by atoms with Gasteiger partial charge < -0.3 is 10.6 Å². The maximum absolute atomic E-state index is 6.16. The second kappa shape index (κ2) is 6.78. The SMILES string of the molecule is CC(C)N(Cc1ccccc1)c1cc(Cl)ccc1CN. The Morgan fingerprint density at radius 2 is 1.80 bits per heavy atom. The molecule has 0 amide bonds. The molecule has 0 radical (unpaired) electrons. The summed E-state index contributed by atoms with van der Waals surface area (Å²) in [7, 11) is 0. The predicted octanol–water partition coefficient (Wildman–Crippen LogP) is 4.21. The highest BCUT2D eigenvalue weighted by Gasteiger charge is 2.15. The molecule has 0 aliphatic rings. The minimum Gasteiger partial charge on any atom is -0.364 e. The topological polar surface area (TPSA) is 29.3 Å². The van der Waals surface area contributed by atoms with E-state index in [1.54, 1.807) is 0 Å². The van der Waals surface area contributed by atoms with E-state index in [1.165, 1.54) is 5.56 Å². The van der Waals surface area contributed by atoms with Crippen LogP contribution in [0.25, 0.3) is 0 Å². The van der Waals surface area contributed by atoms with Crippen LogP contribution in [0.1, 0.15) is 25.0 Å². The van der Waals surface area contributed by atoms with Crippen molar-refractivity contribution < 1.29 is 0 Å². The lowest BCUT2D eigenvalue weighted by molar-refractivity contribution is 0.678. The van der Waals surface area contributed by atoms with Crippen molar-refractivity contribution >= 4 is 17.3 Å². The lowest BCUT2D eigenvalue weighted by Gasteiger charge is -2.31. The number of nitrogens with two attached hydrogens (primary N) is 1. The quantitative estimate of drug-likeness (QED) is 0.893. The second-order valence-electron chi connectivity index (χ2n) is 5.18. The summed E-state index contributed by atoms with van der Waals surface area (Å²) < 4.78 is 0. The van der Waals surface area contributed by atoms with E-state index in [0.717, 1.165) is 22.8 Å². The molecule has 0 heterocycles. The van der Waals surface area contributed by atoms with Crippen molar-refractivity contribution in [3.8, 4) is 0 Å². The molecule has 20 heavy (non-hydrogen) atoms. The fourth-order valence-corrected chi connectivity index (χ4v) is 2.47. The number of halogens is 1. The molecule has 0 aliphatic heterocycles. The Morgan fingerprint density at radius 1 is 1.10 bits per heavy atom. The highest BCUT2D eigenvalue weighted by Crippen LogP contribution is 2.28. The average molecular weight is 289 g/mol. The number of hydrogen-bond acceptors (Lipinski definition) is 2. The van der Waals surface area contributed by atoms with Gasteiger partial charge >= 0.3 is 0 Å². The Bertz CT molecular complexity index is 552. The fourth-order valence-electron chi connectivity index (χ4n) is 2.30. The summed E-state index contributed by atoms with van der Waals surface area (Å²) in [6, 6.07) is 16.7. The van der Waals surface area contributed by atoms with Crippen LogP contribution >= 0.6 is 11.6 Å². The van der Waals surface area contributed by atoms with Gasteiger partial charge in [0, 0.05) is 29.8 Å². The highest BCUT2D eigenvalue weighted by molar-refractivity contribution is 6.30. The van der Waals surface area contributed by atoms with E-state index in [4.69, 9.17) is 17.3 Å². The molecule has 106 valence electrons. The smallest absolute Gasteiger partial charge is 0.0432 e. The molecule has 0 aliphatic carbocycles. The second-order valence-corrected chi connectivity index (χ2v) is 5.62. The van der Waals surface area contributed by atoms with Crippen molar-refractivity contribution in [2.24, 2.45) is 5.73 Å². The van der Waals surface area contributed by atoms with Gasteiger partial charge in [0.05, 0.1) is 0 Å². The van der Waals surface area contributed by atoms with E-state index in [1.807, 2.05) is 24.3 Å². The molecule has 2 nitrogen and oxygen atoms in total. The first-order valence-electron chi connectivity index (χ1n) is 6.91. The van der Waals surface area contributed by atoms with Crippen LogP contribution < -0.4 is 10.6 Å². The van der Waals surface area contributed by atoms with Crippen LogP contribution in [0.5, 0.6) is 0 Å². The summed E-state index contributed by atoms with van der Waals surface area (Å²) in [5, 5.41) is 0.746. The van der Waals surface area contributed by atoms with Gasteiger partial charge in [0.25, 0.3) is 0 Å². The molecule has 0 spiro atoms. The molecular formula is C17H21ClN2. The van der Waals surface area contributed by atoms with Gasteiger partial charge in [0.2, 0.25) is 0 Å². The first-order chi connectivity index (χ1) is 9.61. The first-order valence-corrected chi connectivity index (χ1v) is 7.28. The van der Waals surface area contributed by atoms with Gasteiger partial charge in [-0.15, -0.1) is 0 Å². The minimum atomic E-state index is 0.374. The van der Waals surface area contributed by atoms with Gasteiger partial charge in [-0.3, -0.25) is 0 Å². The Morgan fingerprint density at radius 3 is 2.40 bits per heavy atom. The zero-order chi connectivity index (χ0) is 14.5. The largest absolute Gasteiger partial charge is 0.364 e. The van der Waals surface area contributed by atoms with Crippen LogP contribution in [0.3, 0.4) is 0 Å². The summed E-state index contributed by atoms with van der Waals surface area (Å²) in [4.78, 5) is 2.34. The summed E-state index contributed by atoms with van der Waals surface area (Å²) in [5.74, 6) is 0. The van der Waals surface area contributed by atoms with E-state index >= 15 is 0 Å². The predicted molar refractivity (Wildman–Crippen MR) is 87.1 cm³/mol. The number of anilines is 1. The van der Waals surface area contributed by atoms with Gasteiger partial charge in [-0.1, -0.05) is 48.0 Å². The summed E-state index contributed by atoms with van der Waals surface area (Å²) in [6.45, 7) is 5.74. The van der Waals surface area contributed by atoms with Crippen LogP contribution in [0.4, 0.5) is 5.69 Å². The van der Waals surface area contributed by atoms with Gasteiger partial charge in [-0.2, -0.15) is 0 Å². The Balaban J connectivity index is 2.36. The summed E-state index contributed by atoms with van der Waals surface area (Å²) >= 11 is 6.16. The standard InChI is InChI=1S/C17H21ClN2/c1-13(2)20(12-14-6-4-3-5-7-14)17-10-16(18)9-8-15(17)11-19/h3-10,13H,11-12,19H2,1-2H3. The average Bonchev–Trinajstić information content (AvgIpc) is 2.45. The molecule has 0 aromatic heterocycles. The molecule has 0 unspecified atom stereocenters. The third kappa shape index (κ3) is 3.53. The summed E-state index contributed by atoms with van der Waals surface area (Å²) in [6.07, 6.45) is 0. The van der Waals surface area contributed by atoms with Crippen LogP contribution in [0.15, 0.2) is 48.5 Å². The van der Waals surface area contributed by atoms with E-state index in [2.05, 4.69) is 43.0 Å². The van der Waals surface area contributed by atoms with E-state index < -0.39 is 0 Å². The van der Waals surface area contributed by atoms with Crippen LogP contribution in [-0.2, 0) is 13.1 Å². The molecule has 2 N–H and O–H groups in total. The van der Waals surface area contributed by atoms with Crippen molar-refractivity contribution in [1.29, 1.82) is 0 Å². The third-order valence-electron chi connectivity index (χ3n) is 3.40. The summed E-state index contributed by atoms with van der Waals surface area (Å²) in [5.41, 5.74) is 9.39. The number of nitrogens with zero attached hydrogens (tertiary/aromatic N) is 1. The fraction of sp³-hybridized carbons (Fsp3) is 0.294. The van der Waals surface area contributed by atoms with Gasteiger partial charge in [-0.25, -0.2) is 0 Å². The van der Waals surface area contributed by atoms with Crippen LogP contribution in [0.2, 0.25) is 5.02 Å². The first kappa shape index (κ1) is 14.9. The van der Waals surface area contributed by atoms with Gasteiger partial charge in [-0.05, 0) is 37.1 Å². The molecule has 0 atom stereocenters. The van der Waals surface area contributed by atoms with E-state index in [9.17, 15) is 0 Å². The molecule has 0 saturated carbocycles. The Hall–Kier alpha value is -1.51. The van der Waals surface area contributed by atoms with Gasteiger partial charge in [0.15, 0.2) is 0 Å². The van der Waals surface area contributed by atoms with Crippen LogP contribution in [-0.4, -0.2) is 6.04 Å². The highest BCUT2D eigenvalue weighted by atomic mass is 35.5. The lowest BCUT2D eigenvalue weighted by atomic mass is 10.1. The Kier molecular flexibility index (Phi) is 5.05. The normalized spacial score (nSPS) is 10.8. The van der Waals surface area contributed by atoms with Crippen LogP contribution in [0, 0.1) is 0 Å². The molecule has 2 aromatic rings. The minimum absolute atomic E-state index is 0.374. The molecular weight excluding hydrogens is 268 g/mol. The van der Waals surface area contributed by atoms with Crippen molar-refractivity contribution in [3.63, 3.8) is 0 Å². The molecule has 0 bridgehead atoms. The third-order valence-corrected chi connectivity index (χ3v) is 3.63. The van der Waals surface area contributed by atoms with E-state index in [-0.39, 0.29) is 0 Å². The maximum Gasteiger partial charge on any atom is 0.0432 e. The molecule has 0 saturated heterocycles. The van der Waals surface area contributed by atoms with Crippen molar-refractivity contribution in [1.82, 2.24) is 0 Å². The molecule has 2 rings (SSSR count). The monoisotopic (exact) mass is 288 g/mol. The lowest BCUT2D eigenvalue weighted by Crippen LogP contribution is -2.31. The Labute approximate surface area is 126 Å². The zero-order valence-electron chi connectivity index (χ0n) is 12.0. The number of rotatable bonds is 5. The van der Waals surface area contributed by atoms with Crippen molar-refractivity contribution in [2.45, 2.75) is 33.0 Å². The molecule has 2 aromatic carbocycles. The zero-order valence-corrected chi connectivity index (χ0v) is 12.8. The van der Waals surface area contributed by atoms with Crippen molar-refractivity contribution in [3.05, 3.63) is 64.7 Å². The van der Waals surface area contributed by atoms with Crippen molar-refractivity contribution in [2.75, 3.05) is 4.90 Å². The molecule has 3 heteroatoms. The van der Waals surface area contributed by atoms with Gasteiger partial charge in [0.1, 0.15) is 0 Å².